The fourth-order valence-corrected chi connectivity index (χ4v) is 1.73. The zero-order valence-corrected chi connectivity index (χ0v) is 11.3. The third-order valence-corrected chi connectivity index (χ3v) is 2.70. The first kappa shape index (κ1) is 14.5. The number of methoxy groups -OCH3 is 1. The van der Waals surface area contributed by atoms with E-state index in [1.165, 1.54) is 19.1 Å². The van der Waals surface area contributed by atoms with Crippen molar-refractivity contribution in [1.82, 2.24) is 5.16 Å². The molecule has 20 heavy (non-hydrogen) atoms. The van der Waals surface area contributed by atoms with Crippen molar-refractivity contribution in [2.24, 2.45) is 0 Å². The Morgan fingerprint density at radius 2 is 2.15 bits per heavy atom. The van der Waals surface area contributed by atoms with Gasteiger partial charge in [0.05, 0.1) is 6.10 Å². The van der Waals surface area contributed by atoms with E-state index in [1.807, 2.05) is 0 Å². The normalized spacial score (nSPS) is 12.4. The van der Waals surface area contributed by atoms with Gasteiger partial charge in [-0.25, -0.2) is 4.39 Å². The zero-order chi connectivity index (χ0) is 14.5. The molecule has 0 saturated heterocycles. The maximum atomic E-state index is 13.6. The van der Waals surface area contributed by atoms with Crippen molar-refractivity contribution in [3.63, 3.8) is 0 Å². The lowest BCUT2D eigenvalue weighted by molar-refractivity contribution is 0.155. The Labute approximate surface area is 115 Å². The molecular weight excluding hydrogens is 265 g/mol. The van der Waals surface area contributed by atoms with Gasteiger partial charge in [0.15, 0.2) is 5.76 Å². The first-order valence-electron chi connectivity index (χ1n) is 6.14. The minimum Gasteiger partial charge on any atom is -0.487 e. The van der Waals surface area contributed by atoms with E-state index in [1.54, 1.807) is 19.2 Å². The highest BCUT2D eigenvalue weighted by atomic mass is 19.1. The van der Waals surface area contributed by atoms with Crippen LogP contribution in [-0.4, -0.2) is 17.4 Å². The van der Waals surface area contributed by atoms with Crippen molar-refractivity contribution in [2.75, 3.05) is 7.11 Å². The number of aliphatic hydroxyl groups is 1. The third kappa shape index (κ3) is 3.55. The number of aliphatic hydroxyl groups excluding tert-OH is 1. The summed E-state index contributed by atoms with van der Waals surface area (Å²) < 4.78 is 29.0. The second kappa shape index (κ2) is 6.49. The van der Waals surface area contributed by atoms with E-state index in [2.05, 4.69) is 5.16 Å². The summed E-state index contributed by atoms with van der Waals surface area (Å²) in [7, 11) is 1.56. The van der Waals surface area contributed by atoms with Crippen molar-refractivity contribution in [2.45, 2.75) is 26.2 Å². The molecule has 6 heteroatoms. The van der Waals surface area contributed by atoms with Crippen molar-refractivity contribution in [3.8, 4) is 5.75 Å². The number of hydrogen-bond acceptors (Lipinski definition) is 5. The lowest BCUT2D eigenvalue weighted by Gasteiger charge is -2.09. The Bertz CT molecular complexity index is 568. The molecule has 5 nitrogen and oxygen atoms in total. The highest BCUT2D eigenvalue weighted by Crippen LogP contribution is 2.22. The lowest BCUT2D eigenvalue weighted by Crippen LogP contribution is -1.99. The molecule has 1 aromatic carbocycles. The summed E-state index contributed by atoms with van der Waals surface area (Å²) in [5, 5.41) is 13.1. The van der Waals surface area contributed by atoms with Crippen LogP contribution in [0.3, 0.4) is 0 Å². The van der Waals surface area contributed by atoms with Gasteiger partial charge in [0.25, 0.3) is 0 Å². The number of ether oxygens (including phenoxy) is 2. The largest absolute Gasteiger partial charge is 0.487 e. The minimum absolute atomic E-state index is 0.167. The fourth-order valence-electron chi connectivity index (χ4n) is 1.73. The standard InChI is InChI=1S/C14H16FNO4/c1-9(17)13-4-3-11(6-14(13)15)19-7-10-5-12(8-18-2)20-16-10/h3-6,9,17H,7-8H2,1-2H3/t9-/m0/s1. The van der Waals surface area contributed by atoms with Gasteiger partial charge >= 0.3 is 0 Å². The Morgan fingerprint density at radius 1 is 1.35 bits per heavy atom. The van der Waals surface area contributed by atoms with Crippen LogP contribution in [-0.2, 0) is 18.0 Å². The van der Waals surface area contributed by atoms with Gasteiger partial charge in [0, 0.05) is 24.8 Å². The molecule has 0 saturated carbocycles. The van der Waals surface area contributed by atoms with Crippen LogP contribution in [0.1, 0.15) is 30.0 Å². The molecule has 0 unspecified atom stereocenters. The van der Waals surface area contributed by atoms with Crippen molar-refractivity contribution < 1.29 is 23.5 Å². The van der Waals surface area contributed by atoms with E-state index < -0.39 is 11.9 Å². The molecular formula is C14H16FNO4. The molecule has 108 valence electrons. The first-order chi connectivity index (χ1) is 9.60. The van der Waals surface area contributed by atoms with Gasteiger partial charge in [-0.2, -0.15) is 0 Å². The second-order valence-electron chi connectivity index (χ2n) is 4.37. The van der Waals surface area contributed by atoms with Crippen LogP contribution in [0.5, 0.6) is 5.75 Å². The van der Waals surface area contributed by atoms with Crippen LogP contribution >= 0.6 is 0 Å². The van der Waals surface area contributed by atoms with E-state index in [0.29, 0.717) is 23.8 Å². The van der Waals surface area contributed by atoms with E-state index in [9.17, 15) is 9.50 Å². The maximum Gasteiger partial charge on any atom is 0.162 e. The number of aromatic nitrogens is 1. The predicted octanol–water partition coefficient (Wildman–Crippen LogP) is 2.59. The minimum atomic E-state index is -0.851. The third-order valence-electron chi connectivity index (χ3n) is 2.70. The molecule has 0 amide bonds. The first-order valence-corrected chi connectivity index (χ1v) is 6.14. The van der Waals surface area contributed by atoms with Gasteiger partial charge in [-0.05, 0) is 19.1 Å². The molecule has 0 aliphatic heterocycles. The highest BCUT2D eigenvalue weighted by molar-refractivity contribution is 5.30. The Kier molecular flexibility index (Phi) is 4.70. The summed E-state index contributed by atoms with van der Waals surface area (Å²) in [6, 6.07) is 6.04. The van der Waals surface area contributed by atoms with Gasteiger partial charge in [-0.3, -0.25) is 0 Å². The number of hydrogen-bond donors (Lipinski definition) is 1. The van der Waals surface area contributed by atoms with Gasteiger partial charge in [-0.1, -0.05) is 5.16 Å². The molecule has 1 aromatic heterocycles. The fraction of sp³-hybridized carbons (Fsp3) is 0.357. The van der Waals surface area contributed by atoms with Crippen molar-refractivity contribution in [3.05, 3.63) is 47.1 Å². The highest BCUT2D eigenvalue weighted by Gasteiger charge is 2.10. The SMILES string of the molecule is COCc1cc(COc2ccc([C@H](C)O)c(F)c2)no1. The van der Waals surface area contributed by atoms with Gasteiger partial charge in [0.1, 0.15) is 30.5 Å². The average Bonchev–Trinajstić information content (AvgIpc) is 2.84. The molecule has 2 aromatic rings. The molecule has 2 rings (SSSR count). The van der Waals surface area contributed by atoms with Crippen LogP contribution in [0.15, 0.2) is 28.8 Å². The summed E-state index contributed by atoms with van der Waals surface area (Å²) in [6.07, 6.45) is -0.851. The molecule has 0 radical (unpaired) electrons. The topological polar surface area (TPSA) is 64.7 Å². The number of halogens is 1. The smallest absolute Gasteiger partial charge is 0.162 e. The Balaban J connectivity index is 1.98. The lowest BCUT2D eigenvalue weighted by atomic mass is 10.1. The molecule has 0 fully saturated rings. The summed E-state index contributed by atoms with van der Waals surface area (Å²) in [4.78, 5) is 0. The van der Waals surface area contributed by atoms with Gasteiger partial charge < -0.3 is 19.1 Å². The van der Waals surface area contributed by atoms with E-state index >= 15 is 0 Å². The molecule has 1 heterocycles. The summed E-state index contributed by atoms with van der Waals surface area (Å²) in [5.74, 6) is 0.461. The van der Waals surface area contributed by atoms with Gasteiger partial charge in [0.2, 0.25) is 0 Å². The number of rotatable bonds is 6. The Morgan fingerprint density at radius 3 is 2.80 bits per heavy atom. The van der Waals surface area contributed by atoms with Crippen molar-refractivity contribution in [1.29, 1.82) is 0 Å². The van der Waals surface area contributed by atoms with Crippen LogP contribution in [0, 0.1) is 5.82 Å². The quantitative estimate of drug-likeness (QED) is 0.881. The molecule has 0 aliphatic carbocycles. The predicted molar refractivity (Wildman–Crippen MR) is 68.6 cm³/mol. The number of nitrogens with zero attached hydrogens (tertiary/aromatic N) is 1. The maximum absolute atomic E-state index is 13.6. The number of benzene rings is 1. The average molecular weight is 281 g/mol. The van der Waals surface area contributed by atoms with Crippen LogP contribution in [0.4, 0.5) is 4.39 Å². The Hall–Kier alpha value is -1.92. The van der Waals surface area contributed by atoms with E-state index in [-0.39, 0.29) is 12.2 Å². The van der Waals surface area contributed by atoms with E-state index in [0.717, 1.165) is 0 Å². The summed E-state index contributed by atoms with van der Waals surface area (Å²) in [5.41, 5.74) is 0.832. The zero-order valence-electron chi connectivity index (χ0n) is 11.3. The van der Waals surface area contributed by atoms with Crippen LogP contribution < -0.4 is 4.74 Å². The van der Waals surface area contributed by atoms with E-state index in [4.69, 9.17) is 14.0 Å². The van der Waals surface area contributed by atoms with Crippen LogP contribution in [0.25, 0.3) is 0 Å². The summed E-state index contributed by atoms with van der Waals surface area (Å²) in [6.45, 7) is 2.01. The molecule has 0 spiro atoms. The molecule has 1 N–H and O–H groups in total. The second-order valence-corrected chi connectivity index (χ2v) is 4.37. The molecule has 0 bridgehead atoms. The summed E-state index contributed by atoms with van der Waals surface area (Å²) >= 11 is 0. The molecule has 1 atom stereocenters. The van der Waals surface area contributed by atoms with Crippen LogP contribution in [0.2, 0.25) is 0 Å². The molecule has 0 aliphatic rings. The monoisotopic (exact) mass is 281 g/mol. The van der Waals surface area contributed by atoms with Crippen molar-refractivity contribution >= 4 is 0 Å². The van der Waals surface area contributed by atoms with Gasteiger partial charge in [-0.15, -0.1) is 0 Å².